The lowest BCUT2D eigenvalue weighted by molar-refractivity contribution is 0.646. The minimum atomic E-state index is 0.785. The maximum atomic E-state index is 5.95. The fourth-order valence-corrected chi connectivity index (χ4v) is 3.21. The van der Waals surface area contributed by atoms with E-state index in [9.17, 15) is 0 Å². The van der Waals surface area contributed by atoms with Crippen LogP contribution in [0.25, 0.3) is 0 Å². The van der Waals surface area contributed by atoms with Gasteiger partial charge in [-0.15, -0.1) is 0 Å². The van der Waals surface area contributed by atoms with Crippen molar-refractivity contribution in [3.05, 3.63) is 53.2 Å². The number of nitrogens with zero attached hydrogens (tertiary/aromatic N) is 3. The molecular formula is C16H17BrClN3. The van der Waals surface area contributed by atoms with Gasteiger partial charge in [0.15, 0.2) is 0 Å². The Bertz CT molecular complexity index is 595. The van der Waals surface area contributed by atoms with Crippen molar-refractivity contribution in [1.82, 2.24) is 4.98 Å². The average Bonchev–Trinajstić information content (AvgIpc) is 2.56. The van der Waals surface area contributed by atoms with Gasteiger partial charge in [0.1, 0.15) is 5.82 Å². The van der Waals surface area contributed by atoms with Gasteiger partial charge in [-0.25, -0.2) is 4.98 Å². The molecule has 0 N–H and O–H groups in total. The number of pyridine rings is 1. The van der Waals surface area contributed by atoms with E-state index in [4.69, 9.17) is 11.6 Å². The summed E-state index contributed by atoms with van der Waals surface area (Å²) in [5, 5.41) is 1.63. The van der Waals surface area contributed by atoms with E-state index in [0.29, 0.717) is 0 Å². The van der Waals surface area contributed by atoms with Crippen LogP contribution in [0.15, 0.2) is 42.6 Å². The van der Waals surface area contributed by atoms with E-state index >= 15 is 0 Å². The number of hydrogen-bond acceptors (Lipinski definition) is 3. The summed E-state index contributed by atoms with van der Waals surface area (Å²) in [5.41, 5.74) is 2.48. The molecule has 0 aliphatic carbocycles. The Morgan fingerprint density at radius 2 is 1.67 bits per heavy atom. The third-order valence-corrected chi connectivity index (χ3v) is 4.64. The first-order valence-electron chi connectivity index (χ1n) is 7.03. The van der Waals surface area contributed by atoms with Gasteiger partial charge in [0.05, 0.1) is 0 Å². The van der Waals surface area contributed by atoms with E-state index in [-0.39, 0.29) is 0 Å². The second-order valence-electron chi connectivity index (χ2n) is 5.07. The fourth-order valence-electron chi connectivity index (χ4n) is 2.65. The molecule has 1 saturated heterocycles. The molecule has 1 aromatic carbocycles. The van der Waals surface area contributed by atoms with Gasteiger partial charge in [0.2, 0.25) is 0 Å². The zero-order valence-corrected chi connectivity index (χ0v) is 14.0. The summed E-state index contributed by atoms with van der Waals surface area (Å²) in [6, 6.07) is 12.2. The highest BCUT2D eigenvalue weighted by Gasteiger charge is 2.19. The molecule has 0 spiro atoms. The number of alkyl halides is 1. The number of benzene rings is 1. The maximum Gasteiger partial charge on any atom is 0.132 e. The lowest BCUT2D eigenvalue weighted by atomic mass is 10.2. The second kappa shape index (κ2) is 6.67. The monoisotopic (exact) mass is 365 g/mol. The van der Waals surface area contributed by atoms with Crippen molar-refractivity contribution in [2.45, 2.75) is 5.33 Å². The molecule has 2 aromatic rings. The van der Waals surface area contributed by atoms with Crippen LogP contribution in [0, 0.1) is 0 Å². The summed E-state index contributed by atoms with van der Waals surface area (Å²) in [5.74, 6) is 1.10. The molecule has 1 aliphatic heterocycles. The molecule has 1 aromatic heterocycles. The summed E-state index contributed by atoms with van der Waals surface area (Å²) in [7, 11) is 0. The Morgan fingerprint density at radius 3 is 2.33 bits per heavy atom. The molecule has 0 saturated carbocycles. The largest absolute Gasteiger partial charge is 0.368 e. The number of anilines is 2. The summed E-state index contributed by atoms with van der Waals surface area (Å²) < 4.78 is 0. The van der Waals surface area contributed by atoms with Crippen LogP contribution >= 0.6 is 27.5 Å². The zero-order chi connectivity index (χ0) is 14.7. The Balaban J connectivity index is 1.69. The van der Waals surface area contributed by atoms with Gasteiger partial charge in [-0.1, -0.05) is 33.6 Å². The van der Waals surface area contributed by atoms with Crippen molar-refractivity contribution in [2.24, 2.45) is 0 Å². The van der Waals surface area contributed by atoms with Crippen LogP contribution in [0.1, 0.15) is 5.56 Å². The lowest BCUT2D eigenvalue weighted by Gasteiger charge is -2.37. The maximum absolute atomic E-state index is 5.95. The van der Waals surface area contributed by atoms with Crippen molar-refractivity contribution in [3.8, 4) is 0 Å². The Hall–Kier alpha value is -1.26. The molecule has 0 amide bonds. The van der Waals surface area contributed by atoms with Gasteiger partial charge in [0, 0.05) is 54.0 Å². The highest BCUT2D eigenvalue weighted by Crippen LogP contribution is 2.24. The number of rotatable bonds is 3. The van der Waals surface area contributed by atoms with Gasteiger partial charge >= 0.3 is 0 Å². The van der Waals surface area contributed by atoms with Crippen molar-refractivity contribution in [1.29, 1.82) is 0 Å². The van der Waals surface area contributed by atoms with E-state index in [1.807, 2.05) is 24.4 Å². The SMILES string of the molecule is Clc1ccc(N2CCN(c3ncccc3CBr)CC2)cc1. The van der Waals surface area contributed by atoms with Gasteiger partial charge in [-0.2, -0.15) is 0 Å². The topological polar surface area (TPSA) is 19.4 Å². The quantitative estimate of drug-likeness (QED) is 0.767. The molecule has 0 unspecified atom stereocenters. The predicted molar refractivity (Wildman–Crippen MR) is 92.7 cm³/mol. The Morgan fingerprint density at radius 1 is 1.00 bits per heavy atom. The molecule has 3 rings (SSSR count). The van der Waals surface area contributed by atoms with Crippen LogP contribution < -0.4 is 9.80 Å². The van der Waals surface area contributed by atoms with E-state index < -0.39 is 0 Å². The molecule has 0 radical (unpaired) electrons. The van der Waals surface area contributed by atoms with Crippen molar-refractivity contribution < 1.29 is 0 Å². The first-order chi connectivity index (χ1) is 10.3. The van der Waals surface area contributed by atoms with Gasteiger partial charge < -0.3 is 9.80 Å². The minimum Gasteiger partial charge on any atom is -0.368 e. The van der Waals surface area contributed by atoms with E-state index in [1.54, 1.807) is 0 Å². The molecule has 0 atom stereocenters. The molecule has 2 heterocycles. The highest BCUT2D eigenvalue weighted by molar-refractivity contribution is 9.08. The Kier molecular flexibility index (Phi) is 4.66. The summed E-state index contributed by atoms with van der Waals surface area (Å²) >= 11 is 9.49. The molecule has 21 heavy (non-hydrogen) atoms. The van der Waals surface area contributed by atoms with Crippen molar-refractivity contribution in [2.75, 3.05) is 36.0 Å². The number of aromatic nitrogens is 1. The zero-order valence-electron chi connectivity index (χ0n) is 11.7. The summed E-state index contributed by atoms with van der Waals surface area (Å²) in [6.45, 7) is 3.97. The van der Waals surface area contributed by atoms with Gasteiger partial charge in [-0.3, -0.25) is 0 Å². The molecule has 3 nitrogen and oxygen atoms in total. The molecule has 110 valence electrons. The standard InChI is InChI=1S/C16H17BrClN3/c17-12-13-2-1-7-19-16(13)21-10-8-20(9-11-21)15-5-3-14(18)4-6-15/h1-7H,8-12H2. The second-order valence-corrected chi connectivity index (χ2v) is 6.07. The van der Waals surface area contributed by atoms with Gasteiger partial charge in [0.25, 0.3) is 0 Å². The molecule has 5 heteroatoms. The smallest absolute Gasteiger partial charge is 0.132 e. The van der Waals surface area contributed by atoms with Crippen LogP contribution in [-0.2, 0) is 5.33 Å². The summed E-state index contributed by atoms with van der Waals surface area (Å²) in [4.78, 5) is 9.30. The minimum absolute atomic E-state index is 0.785. The van der Waals surface area contributed by atoms with Crippen LogP contribution in [0.5, 0.6) is 0 Å². The van der Waals surface area contributed by atoms with Crippen molar-refractivity contribution >= 4 is 39.0 Å². The van der Waals surface area contributed by atoms with E-state index in [0.717, 1.165) is 42.3 Å². The molecule has 1 aliphatic rings. The van der Waals surface area contributed by atoms with Crippen molar-refractivity contribution in [3.63, 3.8) is 0 Å². The van der Waals surface area contributed by atoms with Crippen LogP contribution in [0.2, 0.25) is 5.02 Å². The molecule has 1 fully saturated rings. The first-order valence-corrected chi connectivity index (χ1v) is 8.53. The molecular weight excluding hydrogens is 350 g/mol. The van der Waals surface area contributed by atoms with Crippen LogP contribution in [0.3, 0.4) is 0 Å². The number of piperazine rings is 1. The normalized spacial score (nSPS) is 15.3. The van der Waals surface area contributed by atoms with E-state index in [1.165, 1.54) is 11.3 Å². The van der Waals surface area contributed by atoms with E-state index in [2.05, 4.69) is 48.9 Å². The first kappa shape index (κ1) is 14.7. The van der Waals surface area contributed by atoms with Crippen LogP contribution in [0.4, 0.5) is 11.5 Å². The highest BCUT2D eigenvalue weighted by atomic mass is 79.9. The fraction of sp³-hybridized carbons (Fsp3) is 0.312. The Labute approximate surface area is 138 Å². The van der Waals surface area contributed by atoms with Crippen LogP contribution in [-0.4, -0.2) is 31.2 Å². The third-order valence-electron chi connectivity index (χ3n) is 3.78. The summed E-state index contributed by atoms with van der Waals surface area (Å²) in [6.07, 6.45) is 1.87. The third kappa shape index (κ3) is 3.33. The molecule has 0 bridgehead atoms. The van der Waals surface area contributed by atoms with Gasteiger partial charge in [-0.05, 0) is 30.3 Å². The number of hydrogen-bond donors (Lipinski definition) is 0. The average molecular weight is 367 g/mol. The predicted octanol–water partition coefficient (Wildman–Crippen LogP) is 3.96. The number of halogens is 2. The lowest BCUT2D eigenvalue weighted by Crippen LogP contribution is -2.47.